The first-order valence-corrected chi connectivity index (χ1v) is 7.58. The van der Waals surface area contributed by atoms with Gasteiger partial charge in [-0.25, -0.2) is 0 Å². The number of nitrogens with one attached hydrogen (secondary N) is 1. The number of amides is 1. The molecule has 0 spiro atoms. The maximum atomic E-state index is 12.9. The second-order valence-electron chi connectivity index (χ2n) is 5.75. The Labute approximate surface area is 121 Å². The van der Waals surface area contributed by atoms with Crippen LogP contribution in [0, 0.1) is 20.8 Å². The molecule has 2 heterocycles. The second-order valence-corrected chi connectivity index (χ2v) is 5.75. The smallest absolute Gasteiger partial charge is 0.257 e. The third-order valence-electron chi connectivity index (χ3n) is 4.39. The van der Waals surface area contributed by atoms with Gasteiger partial charge < -0.3 is 14.6 Å². The first-order chi connectivity index (χ1) is 9.56. The average Bonchev–Trinajstić information content (AvgIpc) is 2.69. The number of nitrogens with zero attached hydrogens (tertiary/aromatic N) is 1. The van der Waals surface area contributed by atoms with Crippen molar-refractivity contribution in [1.82, 2.24) is 10.2 Å². The summed E-state index contributed by atoms with van der Waals surface area (Å²) in [5.41, 5.74) is 1.77. The van der Waals surface area contributed by atoms with Crippen LogP contribution in [-0.4, -0.2) is 37.0 Å². The standard InChI is InChI=1S/C16H26N2O2/c1-11-12(2)20-13(3)15(11)16(19)18-10-6-5-7-14(18)8-9-17-4/h14,17H,5-10H2,1-4H3. The molecular weight excluding hydrogens is 252 g/mol. The second kappa shape index (κ2) is 6.44. The Kier molecular flexibility index (Phi) is 4.86. The molecule has 0 aromatic carbocycles. The van der Waals surface area contributed by atoms with E-state index in [0.29, 0.717) is 6.04 Å². The lowest BCUT2D eigenvalue weighted by Gasteiger charge is -2.36. The van der Waals surface area contributed by atoms with Crippen LogP contribution in [0.5, 0.6) is 0 Å². The molecule has 1 aliphatic heterocycles. The molecule has 2 rings (SSSR count). The monoisotopic (exact) mass is 278 g/mol. The van der Waals surface area contributed by atoms with Gasteiger partial charge in [-0.1, -0.05) is 0 Å². The van der Waals surface area contributed by atoms with Gasteiger partial charge in [-0.05, 0) is 60.0 Å². The van der Waals surface area contributed by atoms with Crippen LogP contribution >= 0.6 is 0 Å². The fourth-order valence-electron chi connectivity index (χ4n) is 3.13. The Morgan fingerprint density at radius 3 is 2.65 bits per heavy atom. The van der Waals surface area contributed by atoms with Gasteiger partial charge in [0.05, 0.1) is 5.56 Å². The number of likely N-dealkylation sites (tertiary alicyclic amines) is 1. The zero-order chi connectivity index (χ0) is 14.7. The summed E-state index contributed by atoms with van der Waals surface area (Å²) in [6, 6.07) is 0.359. The lowest BCUT2D eigenvalue weighted by atomic mass is 9.97. The van der Waals surface area contributed by atoms with Crippen LogP contribution in [0.25, 0.3) is 0 Å². The average molecular weight is 278 g/mol. The molecule has 0 radical (unpaired) electrons. The van der Waals surface area contributed by atoms with Crippen molar-refractivity contribution >= 4 is 5.91 Å². The zero-order valence-electron chi connectivity index (χ0n) is 13.1. The molecule has 1 atom stereocenters. The highest BCUT2D eigenvalue weighted by atomic mass is 16.3. The number of carbonyl (C=O) groups excluding carboxylic acids is 1. The summed E-state index contributed by atoms with van der Waals surface area (Å²) in [4.78, 5) is 14.9. The Balaban J connectivity index is 2.20. The van der Waals surface area contributed by atoms with E-state index in [0.717, 1.165) is 55.0 Å². The summed E-state index contributed by atoms with van der Waals surface area (Å²) in [6.45, 7) is 7.62. The molecule has 1 fully saturated rings. The first-order valence-electron chi connectivity index (χ1n) is 7.58. The molecule has 4 heteroatoms. The fourth-order valence-corrected chi connectivity index (χ4v) is 3.13. The van der Waals surface area contributed by atoms with Crippen molar-refractivity contribution in [3.05, 3.63) is 22.6 Å². The molecule has 1 amide bonds. The highest BCUT2D eigenvalue weighted by Gasteiger charge is 2.30. The number of rotatable bonds is 4. The van der Waals surface area contributed by atoms with Crippen molar-refractivity contribution in [2.45, 2.75) is 52.5 Å². The van der Waals surface area contributed by atoms with E-state index >= 15 is 0 Å². The number of furan rings is 1. The van der Waals surface area contributed by atoms with Crippen LogP contribution < -0.4 is 5.32 Å². The van der Waals surface area contributed by atoms with Gasteiger partial charge in [0.1, 0.15) is 11.5 Å². The molecule has 1 saturated heterocycles. The number of hydrogen-bond acceptors (Lipinski definition) is 3. The number of aryl methyl sites for hydroxylation is 2. The van der Waals surface area contributed by atoms with Crippen LogP contribution in [-0.2, 0) is 0 Å². The van der Waals surface area contributed by atoms with Gasteiger partial charge in [-0.15, -0.1) is 0 Å². The van der Waals surface area contributed by atoms with Crippen LogP contribution in [0.15, 0.2) is 4.42 Å². The summed E-state index contributed by atoms with van der Waals surface area (Å²) in [6.07, 6.45) is 4.47. The van der Waals surface area contributed by atoms with Gasteiger partial charge in [-0.3, -0.25) is 4.79 Å². The van der Waals surface area contributed by atoms with Crippen molar-refractivity contribution in [3.8, 4) is 0 Å². The van der Waals surface area contributed by atoms with Crippen molar-refractivity contribution in [3.63, 3.8) is 0 Å². The van der Waals surface area contributed by atoms with E-state index < -0.39 is 0 Å². The first kappa shape index (κ1) is 15.1. The van der Waals surface area contributed by atoms with Gasteiger partial charge in [0, 0.05) is 18.2 Å². The number of carbonyl (C=O) groups is 1. The summed E-state index contributed by atoms with van der Waals surface area (Å²) >= 11 is 0. The van der Waals surface area contributed by atoms with Crippen LogP contribution in [0.2, 0.25) is 0 Å². The minimum atomic E-state index is 0.151. The highest BCUT2D eigenvalue weighted by Crippen LogP contribution is 2.27. The van der Waals surface area contributed by atoms with Gasteiger partial charge in [-0.2, -0.15) is 0 Å². The maximum absolute atomic E-state index is 12.9. The number of hydrogen-bond donors (Lipinski definition) is 1. The molecule has 1 N–H and O–H groups in total. The van der Waals surface area contributed by atoms with Crippen molar-refractivity contribution in [1.29, 1.82) is 0 Å². The summed E-state index contributed by atoms with van der Waals surface area (Å²) in [5, 5.41) is 3.18. The van der Waals surface area contributed by atoms with E-state index in [9.17, 15) is 4.79 Å². The van der Waals surface area contributed by atoms with Crippen LogP contribution in [0.1, 0.15) is 53.1 Å². The molecule has 20 heavy (non-hydrogen) atoms. The van der Waals surface area contributed by atoms with Gasteiger partial charge in [0.2, 0.25) is 0 Å². The van der Waals surface area contributed by atoms with E-state index in [2.05, 4.69) is 10.2 Å². The molecule has 1 aromatic heterocycles. The topological polar surface area (TPSA) is 45.5 Å². The van der Waals surface area contributed by atoms with Gasteiger partial charge in [0.25, 0.3) is 5.91 Å². The molecule has 1 unspecified atom stereocenters. The van der Waals surface area contributed by atoms with Crippen molar-refractivity contribution in [2.75, 3.05) is 20.1 Å². The van der Waals surface area contributed by atoms with Gasteiger partial charge in [0.15, 0.2) is 0 Å². The molecule has 0 bridgehead atoms. The Bertz CT molecular complexity index is 479. The SMILES string of the molecule is CNCCC1CCCCN1C(=O)c1c(C)oc(C)c1C. The Morgan fingerprint density at radius 2 is 2.05 bits per heavy atom. The largest absolute Gasteiger partial charge is 0.466 e. The van der Waals surface area contributed by atoms with E-state index in [1.54, 1.807) is 0 Å². The molecule has 0 saturated carbocycles. The molecule has 4 nitrogen and oxygen atoms in total. The summed E-state index contributed by atoms with van der Waals surface area (Å²) in [5.74, 6) is 1.76. The molecule has 1 aromatic rings. The maximum Gasteiger partial charge on any atom is 0.257 e. The minimum absolute atomic E-state index is 0.151. The fraction of sp³-hybridized carbons (Fsp3) is 0.688. The third kappa shape index (κ3) is 2.90. The minimum Gasteiger partial charge on any atom is -0.466 e. The molecule has 0 aliphatic carbocycles. The molecular formula is C16H26N2O2. The van der Waals surface area contributed by atoms with E-state index in [4.69, 9.17) is 4.42 Å². The highest BCUT2D eigenvalue weighted by molar-refractivity contribution is 5.97. The predicted molar refractivity (Wildman–Crippen MR) is 80.1 cm³/mol. The quantitative estimate of drug-likeness (QED) is 0.921. The molecule has 112 valence electrons. The van der Waals surface area contributed by atoms with E-state index in [1.165, 1.54) is 6.42 Å². The normalized spacial score (nSPS) is 19.4. The summed E-state index contributed by atoms with van der Waals surface area (Å²) < 4.78 is 5.61. The zero-order valence-corrected chi connectivity index (χ0v) is 13.1. The lowest BCUT2D eigenvalue weighted by Crippen LogP contribution is -2.45. The third-order valence-corrected chi connectivity index (χ3v) is 4.39. The van der Waals surface area contributed by atoms with Crippen LogP contribution in [0.3, 0.4) is 0 Å². The number of piperidine rings is 1. The van der Waals surface area contributed by atoms with E-state index in [1.807, 2.05) is 27.8 Å². The van der Waals surface area contributed by atoms with E-state index in [-0.39, 0.29) is 5.91 Å². The predicted octanol–water partition coefficient (Wildman–Crippen LogP) is 2.81. The lowest BCUT2D eigenvalue weighted by molar-refractivity contribution is 0.0600. The Hall–Kier alpha value is -1.29. The summed E-state index contributed by atoms with van der Waals surface area (Å²) in [7, 11) is 1.96. The van der Waals surface area contributed by atoms with Crippen molar-refractivity contribution in [2.24, 2.45) is 0 Å². The molecule has 1 aliphatic rings. The Morgan fingerprint density at radius 1 is 1.30 bits per heavy atom. The van der Waals surface area contributed by atoms with Gasteiger partial charge >= 0.3 is 0 Å². The van der Waals surface area contributed by atoms with Crippen molar-refractivity contribution < 1.29 is 9.21 Å². The van der Waals surface area contributed by atoms with Crippen LogP contribution in [0.4, 0.5) is 0 Å².